The van der Waals surface area contributed by atoms with E-state index in [0.29, 0.717) is 55.1 Å². The molecule has 1 saturated carbocycles. The van der Waals surface area contributed by atoms with Crippen LogP contribution in [-0.4, -0.2) is 72.9 Å². The van der Waals surface area contributed by atoms with E-state index in [4.69, 9.17) is 4.74 Å². The summed E-state index contributed by atoms with van der Waals surface area (Å²) in [5.41, 5.74) is 1.18. The third-order valence-electron chi connectivity index (χ3n) is 9.12. The maximum atomic E-state index is 15.5. The number of amides is 1. The second kappa shape index (κ2) is 14.2. The molecule has 3 aliphatic rings. The summed E-state index contributed by atoms with van der Waals surface area (Å²) < 4.78 is 114. The largest absolute Gasteiger partial charge is 0.493 e. The summed E-state index contributed by atoms with van der Waals surface area (Å²) in [7, 11) is -5.05. The number of hydroxylamine groups is 1. The highest BCUT2D eigenvalue weighted by atomic mass is 32.2. The monoisotopic (exact) mass is 725 g/mol. The standard InChI is InChI=1S/C34H33F6N3O6S/c35-25-8-4-23(5-9-25)31(24-6-10-26(36)11-7-24)41-16-12-21(13-17-41)20-48-30-19-29(37)28(18-27(30)22-2-3-22)32(44)43(49-33(45)34(38,39)40)50(46,47)42-14-1-15-42/h4-11,18-19,21-22,31H,1-3,12-17,20H2. The van der Waals surface area contributed by atoms with Gasteiger partial charge in [-0.3, -0.25) is 9.69 Å². The van der Waals surface area contributed by atoms with Crippen LogP contribution in [0, 0.1) is 23.4 Å². The number of nitrogens with zero attached hydrogens (tertiary/aromatic N) is 3. The molecule has 3 fully saturated rings. The predicted octanol–water partition coefficient (Wildman–Crippen LogP) is 6.27. The van der Waals surface area contributed by atoms with Crippen molar-refractivity contribution >= 4 is 22.1 Å². The van der Waals surface area contributed by atoms with Crippen molar-refractivity contribution in [2.45, 2.75) is 50.2 Å². The van der Waals surface area contributed by atoms with Gasteiger partial charge >= 0.3 is 28.3 Å². The van der Waals surface area contributed by atoms with Gasteiger partial charge in [0.15, 0.2) is 0 Å². The molecule has 3 aromatic carbocycles. The molecule has 268 valence electrons. The molecular weight excluding hydrogens is 692 g/mol. The van der Waals surface area contributed by atoms with E-state index in [9.17, 15) is 40.0 Å². The number of hydrogen-bond acceptors (Lipinski definition) is 7. The molecule has 9 nitrogen and oxygen atoms in total. The Balaban J connectivity index is 1.17. The van der Waals surface area contributed by atoms with Crippen molar-refractivity contribution in [3.8, 4) is 5.75 Å². The Morgan fingerprint density at radius 2 is 1.40 bits per heavy atom. The SMILES string of the molecule is O=C(c1cc(C2CC2)c(OCC2CCN(C(c3ccc(F)cc3)c3ccc(F)cc3)CC2)cc1F)N(OC(=O)C(F)(F)F)S(=O)(=O)N1CCC1. The topological polar surface area (TPSA) is 96.5 Å². The lowest BCUT2D eigenvalue weighted by Crippen LogP contribution is -2.53. The number of likely N-dealkylation sites (tertiary alicyclic amines) is 1. The van der Waals surface area contributed by atoms with E-state index in [0.717, 1.165) is 23.3 Å². The summed E-state index contributed by atoms with van der Waals surface area (Å²) in [6, 6.07) is 14.0. The molecule has 0 radical (unpaired) electrons. The van der Waals surface area contributed by atoms with E-state index in [1.54, 1.807) is 24.3 Å². The Kier molecular flexibility index (Phi) is 10.2. The number of hydrogen-bond donors (Lipinski definition) is 0. The molecule has 0 aromatic heterocycles. The normalized spacial score (nSPS) is 17.7. The number of carbonyl (C=O) groups is 2. The molecule has 2 saturated heterocycles. The summed E-state index contributed by atoms with van der Waals surface area (Å²) in [5, 5.41) is 0. The number of piperidine rings is 1. The van der Waals surface area contributed by atoms with Crippen LogP contribution in [0.25, 0.3) is 0 Å². The minimum atomic E-state index is -5.63. The molecule has 1 amide bonds. The number of carbonyl (C=O) groups excluding carboxylic acids is 2. The predicted molar refractivity (Wildman–Crippen MR) is 166 cm³/mol. The zero-order valence-corrected chi connectivity index (χ0v) is 27.4. The molecule has 0 N–H and O–H groups in total. The van der Waals surface area contributed by atoms with Gasteiger partial charge in [-0.05, 0) is 109 Å². The maximum Gasteiger partial charge on any atom is 0.493 e. The summed E-state index contributed by atoms with van der Waals surface area (Å²) >= 11 is 0. The van der Waals surface area contributed by atoms with Gasteiger partial charge in [-0.1, -0.05) is 24.3 Å². The van der Waals surface area contributed by atoms with Gasteiger partial charge in [-0.2, -0.15) is 25.9 Å². The van der Waals surface area contributed by atoms with Gasteiger partial charge in [-0.25, -0.2) is 18.0 Å². The fourth-order valence-corrected chi connectivity index (χ4v) is 7.50. The third kappa shape index (κ3) is 7.76. The van der Waals surface area contributed by atoms with Crippen LogP contribution < -0.4 is 4.74 Å². The van der Waals surface area contributed by atoms with Crippen molar-refractivity contribution in [2.24, 2.45) is 5.92 Å². The second-order valence-corrected chi connectivity index (χ2v) is 14.4. The number of ether oxygens (including phenoxy) is 1. The van der Waals surface area contributed by atoms with Gasteiger partial charge < -0.3 is 9.57 Å². The van der Waals surface area contributed by atoms with Crippen LogP contribution in [-0.2, 0) is 19.8 Å². The van der Waals surface area contributed by atoms with E-state index in [-0.39, 0.29) is 55.0 Å². The van der Waals surface area contributed by atoms with Crippen molar-refractivity contribution in [1.29, 1.82) is 0 Å². The van der Waals surface area contributed by atoms with E-state index in [2.05, 4.69) is 9.74 Å². The van der Waals surface area contributed by atoms with Crippen molar-refractivity contribution < 1.29 is 53.9 Å². The van der Waals surface area contributed by atoms with Gasteiger partial charge in [-0.15, -0.1) is 0 Å². The maximum absolute atomic E-state index is 15.5. The summed E-state index contributed by atoms with van der Waals surface area (Å²) in [6.45, 7) is 1.15. The van der Waals surface area contributed by atoms with Gasteiger partial charge in [0, 0.05) is 19.2 Å². The van der Waals surface area contributed by atoms with E-state index in [1.807, 2.05) is 0 Å². The zero-order chi connectivity index (χ0) is 35.8. The van der Waals surface area contributed by atoms with Crippen LogP contribution in [0.5, 0.6) is 5.75 Å². The lowest BCUT2D eigenvalue weighted by atomic mass is 9.91. The van der Waals surface area contributed by atoms with E-state index in [1.165, 1.54) is 24.3 Å². The lowest BCUT2D eigenvalue weighted by molar-refractivity contribution is -0.217. The second-order valence-electron chi connectivity index (χ2n) is 12.6. The van der Waals surface area contributed by atoms with Gasteiger partial charge in [0.2, 0.25) is 0 Å². The molecule has 50 heavy (non-hydrogen) atoms. The Bertz CT molecular complexity index is 1780. The summed E-state index contributed by atoms with van der Waals surface area (Å²) in [6.07, 6.45) is -2.61. The highest BCUT2D eigenvalue weighted by molar-refractivity contribution is 7.87. The zero-order valence-electron chi connectivity index (χ0n) is 26.5. The van der Waals surface area contributed by atoms with Crippen molar-refractivity contribution in [1.82, 2.24) is 13.7 Å². The lowest BCUT2D eigenvalue weighted by Gasteiger charge is -2.38. The van der Waals surface area contributed by atoms with Crippen LogP contribution in [0.4, 0.5) is 26.3 Å². The van der Waals surface area contributed by atoms with Crippen molar-refractivity contribution in [2.75, 3.05) is 32.8 Å². The molecule has 0 bridgehead atoms. The highest BCUT2D eigenvalue weighted by Crippen LogP contribution is 2.46. The summed E-state index contributed by atoms with van der Waals surface area (Å²) in [4.78, 5) is 31.1. The van der Waals surface area contributed by atoms with Crippen LogP contribution in [0.2, 0.25) is 0 Å². The van der Waals surface area contributed by atoms with E-state index >= 15 is 4.39 Å². The Morgan fingerprint density at radius 1 is 0.840 bits per heavy atom. The number of rotatable bonds is 10. The Morgan fingerprint density at radius 3 is 1.88 bits per heavy atom. The van der Waals surface area contributed by atoms with Gasteiger partial charge in [0.1, 0.15) is 23.2 Å². The Labute approximate surface area is 284 Å². The molecule has 2 aliphatic heterocycles. The van der Waals surface area contributed by atoms with Crippen LogP contribution >= 0.6 is 0 Å². The molecule has 16 heteroatoms. The fraction of sp³-hybridized carbons (Fsp3) is 0.412. The minimum absolute atomic E-state index is 0.0312. The molecule has 3 aromatic rings. The van der Waals surface area contributed by atoms with Crippen LogP contribution in [0.1, 0.15) is 71.1 Å². The number of benzene rings is 3. The van der Waals surface area contributed by atoms with Gasteiger partial charge in [0.25, 0.3) is 0 Å². The molecule has 0 unspecified atom stereocenters. The molecule has 6 rings (SSSR count). The molecule has 0 atom stereocenters. The fourth-order valence-electron chi connectivity index (χ4n) is 6.11. The number of alkyl halides is 3. The quantitative estimate of drug-likeness (QED) is 0.180. The highest BCUT2D eigenvalue weighted by Gasteiger charge is 2.48. The Hall–Kier alpha value is -4.15. The van der Waals surface area contributed by atoms with Gasteiger partial charge in [0.05, 0.1) is 18.2 Å². The molecule has 1 aliphatic carbocycles. The molecular formula is C34H33F6N3O6S. The molecule has 2 heterocycles. The summed E-state index contributed by atoms with van der Waals surface area (Å²) in [5.74, 6) is -6.77. The number of halogens is 6. The first-order chi connectivity index (χ1) is 23.7. The average molecular weight is 726 g/mol. The van der Waals surface area contributed by atoms with Crippen LogP contribution in [0.15, 0.2) is 60.7 Å². The van der Waals surface area contributed by atoms with Crippen molar-refractivity contribution in [3.63, 3.8) is 0 Å². The molecule has 0 spiro atoms. The van der Waals surface area contributed by atoms with Crippen LogP contribution in [0.3, 0.4) is 0 Å². The van der Waals surface area contributed by atoms with E-state index < -0.39 is 44.1 Å². The smallest absolute Gasteiger partial charge is 0.493 e. The first kappa shape index (κ1) is 35.7. The first-order valence-electron chi connectivity index (χ1n) is 16.1. The first-order valence-corrected chi connectivity index (χ1v) is 17.5. The van der Waals surface area contributed by atoms with Crippen molar-refractivity contribution in [3.05, 3.63) is 100 Å². The minimum Gasteiger partial charge on any atom is -0.493 e. The third-order valence-corrected chi connectivity index (χ3v) is 10.8. The average Bonchev–Trinajstić information content (AvgIpc) is 3.89.